The number of ether oxygens (including phenoxy) is 1. The first-order valence-electron chi connectivity index (χ1n) is 5.22. The molecule has 1 aromatic rings. The zero-order chi connectivity index (χ0) is 13.7. The number of carboxylic acid groups (broad SMARTS) is 1. The minimum atomic E-state index is -1.11. The summed E-state index contributed by atoms with van der Waals surface area (Å²) in [5.41, 5.74) is 0.187. The van der Waals surface area contributed by atoms with E-state index in [9.17, 15) is 9.59 Å². The minimum Gasteiger partial charge on any atom is -0.479 e. The normalized spacial score (nSPS) is 9.94. The molecule has 1 heterocycles. The Balaban J connectivity index is 2.85. The molecule has 0 aliphatic heterocycles. The molecule has 0 fully saturated rings. The number of hydrogen-bond donors (Lipinski definition) is 1. The van der Waals surface area contributed by atoms with Crippen molar-refractivity contribution in [3.63, 3.8) is 0 Å². The topological polar surface area (TPSA) is 79.7 Å². The molecule has 0 radical (unpaired) electrons. The van der Waals surface area contributed by atoms with Crippen molar-refractivity contribution in [3.8, 4) is 5.75 Å². The Labute approximate surface area is 109 Å². The lowest BCUT2D eigenvalue weighted by Crippen LogP contribution is -2.27. The molecule has 0 saturated heterocycles. The number of nitrogens with zero attached hydrogens (tertiary/aromatic N) is 2. The van der Waals surface area contributed by atoms with Gasteiger partial charge in [0, 0.05) is 13.6 Å². The third kappa shape index (κ3) is 3.59. The Morgan fingerprint density at radius 1 is 1.50 bits per heavy atom. The average molecular weight is 273 g/mol. The number of carbonyl (C=O) groups is 2. The van der Waals surface area contributed by atoms with Crippen LogP contribution in [0, 0.1) is 0 Å². The number of carbonyl (C=O) groups excluding carboxylic acids is 1. The minimum absolute atomic E-state index is 0.0356. The van der Waals surface area contributed by atoms with Gasteiger partial charge in [0.1, 0.15) is 5.69 Å². The largest absolute Gasteiger partial charge is 0.479 e. The van der Waals surface area contributed by atoms with Crippen LogP contribution in [-0.4, -0.2) is 47.1 Å². The van der Waals surface area contributed by atoms with E-state index in [0.29, 0.717) is 6.54 Å². The molecular formula is C11H13ClN2O4. The first-order valence-corrected chi connectivity index (χ1v) is 5.60. The molecule has 6 nitrogen and oxygen atoms in total. The van der Waals surface area contributed by atoms with E-state index in [4.69, 9.17) is 21.4 Å². The van der Waals surface area contributed by atoms with Gasteiger partial charge in [0.05, 0.1) is 0 Å². The molecule has 98 valence electrons. The summed E-state index contributed by atoms with van der Waals surface area (Å²) in [7, 11) is 1.65. The molecule has 0 atom stereocenters. The first-order chi connectivity index (χ1) is 8.45. The van der Waals surface area contributed by atoms with Gasteiger partial charge >= 0.3 is 5.97 Å². The number of rotatable bonds is 5. The second-order valence-corrected chi connectivity index (χ2v) is 3.85. The molecule has 18 heavy (non-hydrogen) atoms. The summed E-state index contributed by atoms with van der Waals surface area (Å²) in [6.07, 6.45) is 0. The van der Waals surface area contributed by atoms with E-state index in [1.54, 1.807) is 7.05 Å². The maximum Gasteiger partial charge on any atom is 0.341 e. The highest BCUT2D eigenvalue weighted by Gasteiger charge is 2.14. The zero-order valence-electron chi connectivity index (χ0n) is 10.0. The van der Waals surface area contributed by atoms with Crippen molar-refractivity contribution in [2.24, 2.45) is 0 Å². The number of amides is 1. The third-order valence-electron chi connectivity index (χ3n) is 2.21. The van der Waals surface area contributed by atoms with Gasteiger partial charge in [0.15, 0.2) is 17.5 Å². The van der Waals surface area contributed by atoms with Gasteiger partial charge in [-0.05, 0) is 19.1 Å². The van der Waals surface area contributed by atoms with Gasteiger partial charge in [-0.2, -0.15) is 0 Å². The molecule has 1 amide bonds. The smallest absolute Gasteiger partial charge is 0.341 e. The van der Waals surface area contributed by atoms with Crippen molar-refractivity contribution in [1.29, 1.82) is 0 Å². The summed E-state index contributed by atoms with van der Waals surface area (Å²) >= 11 is 5.81. The van der Waals surface area contributed by atoms with Crippen LogP contribution in [0.2, 0.25) is 5.15 Å². The van der Waals surface area contributed by atoms with Gasteiger partial charge in [-0.25, -0.2) is 9.78 Å². The molecule has 1 N–H and O–H groups in total. The predicted molar refractivity (Wildman–Crippen MR) is 65.0 cm³/mol. The monoisotopic (exact) mass is 272 g/mol. The maximum absolute atomic E-state index is 11.8. The van der Waals surface area contributed by atoms with Crippen LogP contribution in [0.15, 0.2) is 12.1 Å². The number of aromatic nitrogens is 1. The molecule has 1 aromatic heterocycles. The number of halogens is 1. The van der Waals surface area contributed by atoms with Gasteiger partial charge in [-0.3, -0.25) is 4.79 Å². The molecule has 0 aromatic carbocycles. The van der Waals surface area contributed by atoms with Crippen LogP contribution < -0.4 is 4.74 Å². The number of pyridine rings is 1. The molecule has 0 aliphatic carbocycles. The van der Waals surface area contributed by atoms with E-state index < -0.39 is 12.6 Å². The summed E-state index contributed by atoms with van der Waals surface area (Å²) in [4.78, 5) is 27.5. The number of hydrogen-bond acceptors (Lipinski definition) is 4. The van der Waals surface area contributed by atoms with E-state index in [1.165, 1.54) is 17.0 Å². The second kappa shape index (κ2) is 6.20. The Morgan fingerprint density at radius 3 is 2.67 bits per heavy atom. The third-order valence-corrected chi connectivity index (χ3v) is 2.48. The van der Waals surface area contributed by atoms with Crippen LogP contribution in [0.5, 0.6) is 5.75 Å². The summed E-state index contributed by atoms with van der Waals surface area (Å²) in [6, 6.07) is 2.87. The summed E-state index contributed by atoms with van der Waals surface area (Å²) in [5, 5.41) is 8.43. The van der Waals surface area contributed by atoms with Crippen molar-refractivity contribution < 1.29 is 19.4 Å². The SMILES string of the molecule is CCN(C)C(=O)c1ccc(OCC(=O)O)c(Cl)n1. The Hall–Kier alpha value is -1.82. The zero-order valence-corrected chi connectivity index (χ0v) is 10.8. The molecule has 7 heteroatoms. The van der Waals surface area contributed by atoms with E-state index in [0.717, 1.165) is 0 Å². The standard InChI is InChI=1S/C11H13ClN2O4/c1-3-14(2)11(17)7-4-5-8(10(12)13-7)18-6-9(15)16/h4-5H,3,6H2,1-2H3,(H,15,16). The highest BCUT2D eigenvalue weighted by atomic mass is 35.5. The quantitative estimate of drug-likeness (QED) is 0.817. The molecule has 0 unspecified atom stereocenters. The fourth-order valence-corrected chi connectivity index (χ4v) is 1.34. The van der Waals surface area contributed by atoms with Crippen LogP contribution in [-0.2, 0) is 4.79 Å². The fourth-order valence-electron chi connectivity index (χ4n) is 1.13. The van der Waals surface area contributed by atoms with E-state index in [-0.39, 0.29) is 22.5 Å². The van der Waals surface area contributed by atoms with Crippen molar-refractivity contribution in [2.45, 2.75) is 6.92 Å². The van der Waals surface area contributed by atoms with Crippen LogP contribution in [0.1, 0.15) is 17.4 Å². The van der Waals surface area contributed by atoms with Gasteiger partial charge in [-0.1, -0.05) is 11.6 Å². The lowest BCUT2D eigenvalue weighted by Gasteiger charge is -2.14. The van der Waals surface area contributed by atoms with Gasteiger partial charge in [0.25, 0.3) is 5.91 Å². The van der Waals surface area contributed by atoms with Gasteiger partial charge in [0.2, 0.25) is 0 Å². The van der Waals surface area contributed by atoms with Crippen molar-refractivity contribution >= 4 is 23.5 Å². The van der Waals surface area contributed by atoms with Crippen LogP contribution in [0.25, 0.3) is 0 Å². The first kappa shape index (κ1) is 14.2. The molecule has 0 aliphatic rings. The van der Waals surface area contributed by atoms with E-state index in [2.05, 4.69) is 4.98 Å². The second-order valence-electron chi connectivity index (χ2n) is 3.49. The van der Waals surface area contributed by atoms with E-state index in [1.807, 2.05) is 6.92 Å². The van der Waals surface area contributed by atoms with Crippen molar-refractivity contribution in [3.05, 3.63) is 23.0 Å². The Bertz CT molecular complexity index is 464. The van der Waals surface area contributed by atoms with Crippen LogP contribution in [0.3, 0.4) is 0 Å². The molecule has 0 bridgehead atoms. The lowest BCUT2D eigenvalue weighted by molar-refractivity contribution is -0.139. The summed E-state index contributed by atoms with van der Waals surface area (Å²) in [5.74, 6) is -1.24. The highest BCUT2D eigenvalue weighted by Crippen LogP contribution is 2.22. The summed E-state index contributed by atoms with van der Waals surface area (Å²) < 4.78 is 4.90. The molecule has 1 rings (SSSR count). The Morgan fingerprint density at radius 2 is 2.17 bits per heavy atom. The van der Waals surface area contributed by atoms with E-state index >= 15 is 0 Å². The number of aliphatic carboxylic acids is 1. The molecule has 0 spiro atoms. The van der Waals surface area contributed by atoms with Gasteiger partial charge < -0.3 is 14.7 Å². The average Bonchev–Trinajstić information content (AvgIpc) is 2.35. The van der Waals surface area contributed by atoms with Crippen LogP contribution >= 0.6 is 11.6 Å². The maximum atomic E-state index is 11.8. The molecular weight excluding hydrogens is 260 g/mol. The highest BCUT2D eigenvalue weighted by molar-refractivity contribution is 6.31. The molecule has 0 saturated carbocycles. The lowest BCUT2D eigenvalue weighted by atomic mass is 10.3. The van der Waals surface area contributed by atoms with Crippen LogP contribution in [0.4, 0.5) is 0 Å². The van der Waals surface area contributed by atoms with Crippen molar-refractivity contribution in [1.82, 2.24) is 9.88 Å². The summed E-state index contributed by atoms with van der Waals surface area (Å²) in [6.45, 7) is 1.88. The van der Waals surface area contributed by atoms with Crippen molar-refractivity contribution in [2.75, 3.05) is 20.2 Å². The Kier molecular flexibility index (Phi) is 4.91. The number of carboxylic acids is 1. The predicted octanol–water partition coefficient (Wildman–Crippen LogP) is 1.29. The fraction of sp³-hybridized carbons (Fsp3) is 0.364. The van der Waals surface area contributed by atoms with Gasteiger partial charge in [-0.15, -0.1) is 0 Å².